The summed E-state index contributed by atoms with van der Waals surface area (Å²) >= 11 is 1.14. The Kier molecular flexibility index (Phi) is 5.63. The molecular weight excluding hydrogens is 366 g/mol. The van der Waals surface area contributed by atoms with Crippen LogP contribution in [0.3, 0.4) is 0 Å². The maximum atomic E-state index is 14.0. The molecule has 0 saturated heterocycles. The van der Waals surface area contributed by atoms with Crippen molar-refractivity contribution in [3.8, 4) is 22.9 Å². The molecule has 0 amide bonds. The summed E-state index contributed by atoms with van der Waals surface area (Å²) in [7, 11) is 1.53. The smallest absolute Gasteiger partial charge is 0.141 e. The Morgan fingerprint density at radius 2 is 1.70 bits per heavy atom. The Labute approximate surface area is 160 Å². The van der Waals surface area contributed by atoms with E-state index in [-0.39, 0.29) is 11.4 Å². The Bertz CT molecular complexity index is 991. The van der Waals surface area contributed by atoms with Crippen molar-refractivity contribution in [2.24, 2.45) is 0 Å². The SMILES string of the molecule is COc1ccc(F)c(SNc2ccc(-c3cc(C)c(C#N)c(F)c3)cc2)c1. The molecule has 1 N–H and O–H groups in total. The first-order chi connectivity index (χ1) is 13.0. The molecule has 0 fully saturated rings. The van der Waals surface area contributed by atoms with Gasteiger partial charge in [-0.25, -0.2) is 8.78 Å². The van der Waals surface area contributed by atoms with Crippen LogP contribution in [0.4, 0.5) is 14.5 Å². The van der Waals surface area contributed by atoms with Crippen LogP contribution in [0, 0.1) is 29.9 Å². The van der Waals surface area contributed by atoms with Crippen molar-refractivity contribution < 1.29 is 13.5 Å². The highest BCUT2D eigenvalue weighted by Gasteiger charge is 2.09. The first kappa shape index (κ1) is 18.7. The van der Waals surface area contributed by atoms with Crippen LogP contribution in [-0.2, 0) is 0 Å². The lowest BCUT2D eigenvalue weighted by molar-refractivity contribution is 0.411. The Balaban J connectivity index is 1.76. The van der Waals surface area contributed by atoms with Crippen molar-refractivity contribution in [3.63, 3.8) is 0 Å². The van der Waals surface area contributed by atoms with Gasteiger partial charge in [0.25, 0.3) is 0 Å². The van der Waals surface area contributed by atoms with Gasteiger partial charge >= 0.3 is 0 Å². The summed E-state index contributed by atoms with van der Waals surface area (Å²) in [4.78, 5) is 0.420. The average Bonchev–Trinajstić information content (AvgIpc) is 2.67. The van der Waals surface area contributed by atoms with Crippen LogP contribution in [0.25, 0.3) is 11.1 Å². The molecule has 0 saturated carbocycles. The molecule has 0 aliphatic heterocycles. The van der Waals surface area contributed by atoms with Gasteiger partial charge in [-0.3, -0.25) is 0 Å². The van der Waals surface area contributed by atoms with Crippen LogP contribution in [0.15, 0.2) is 59.5 Å². The van der Waals surface area contributed by atoms with Gasteiger partial charge in [-0.2, -0.15) is 5.26 Å². The topological polar surface area (TPSA) is 45.0 Å². The molecule has 27 heavy (non-hydrogen) atoms. The highest BCUT2D eigenvalue weighted by atomic mass is 32.2. The van der Waals surface area contributed by atoms with Crippen LogP contribution >= 0.6 is 11.9 Å². The van der Waals surface area contributed by atoms with Crippen molar-refractivity contribution in [1.29, 1.82) is 5.26 Å². The molecule has 0 bridgehead atoms. The van der Waals surface area contributed by atoms with Crippen molar-refractivity contribution in [3.05, 3.63) is 77.4 Å². The van der Waals surface area contributed by atoms with Gasteiger partial charge in [0, 0.05) is 5.69 Å². The lowest BCUT2D eigenvalue weighted by Gasteiger charge is -2.10. The number of nitriles is 1. The molecule has 3 aromatic rings. The number of anilines is 1. The van der Waals surface area contributed by atoms with Gasteiger partial charge < -0.3 is 9.46 Å². The van der Waals surface area contributed by atoms with E-state index in [1.807, 2.05) is 30.3 Å². The minimum atomic E-state index is -0.529. The van der Waals surface area contributed by atoms with Gasteiger partial charge in [0.05, 0.1) is 17.6 Å². The van der Waals surface area contributed by atoms with E-state index in [1.54, 1.807) is 25.1 Å². The van der Waals surface area contributed by atoms with E-state index in [0.29, 0.717) is 21.8 Å². The van der Waals surface area contributed by atoms with Crippen LogP contribution in [0.1, 0.15) is 11.1 Å². The summed E-state index contributed by atoms with van der Waals surface area (Å²) in [5, 5.41) is 8.97. The first-order valence-corrected chi connectivity index (χ1v) is 8.90. The molecule has 6 heteroatoms. The Morgan fingerprint density at radius 3 is 2.33 bits per heavy atom. The molecule has 0 atom stereocenters. The summed E-state index contributed by atoms with van der Waals surface area (Å²) in [6, 6.07) is 16.9. The molecule has 0 aliphatic rings. The Morgan fingerprint density at radius 1 is 0.963 bits per heavy atom. The Hall–Kier alpha value is -3.04. The fourth-order valence-corrected chi connectivity index (χ4v) is 3.29. The largest absolute Gasteiger partial charge is 0.497 e. The van der Waals surface area contributed by atoms with E-state index >= 15 is 0 Å². The number of methoxy groups -OCH3 is 1. The fourth-order valence-electron chi connectivity index (χ4n) is 2.59. The summed E-state index contributed by atoms with van der Waals surface area (Å²) in [5.41, 5.74) is 2.95. The van der Waals surface area contributed by atoms with Crippen molar-refractivity contribution in [2.45, 2.75) is 11.8 Å². The number of nitrogens with one attached hydrogen (secondary N) is 1. The summed E-state index contributed by atoms with van der Waals surface area (Å²) in [6.07, 6.45) is 0. The number of halogens is 2. The van der Waals surface area contributed by atoms with E-state index in [0.717, 1.165) is 23.2 Å². The number of hydrogen-bond acceptors (Lipinski definition) is 4. The number of benzene rings is 3. The fraction of sp³-hybridized carbons (Fsp3) is 0.0952. The van der Waals surface area contributed by atoms with Crippen LogP contribution in [0.2, 0.25) is 0 Å². The summed E-state index contributed by atoms with van der Waals surface area (Å²) in [6.45, 7) is 1.71. The predicted octanol–water partition coefficient (Wildman–Crippen LogP) is 5.94. The molecule has 0 heterocycles. The molecule has 3 aromatic carbocycles. The van der Waals surface area contributed by atoms with E-state index in [4.69, 9.17) is 10.00 Å². The monoisotopic (exact) mass is 382 g/mol. The zero-order valence-electron chi connectivity index (χ0n) is 14.7. The molecule has 0 spiro atoms. The highest BCUT2D eigenvalue weighted by molar-refractivity contribution is 8.00. The minimum Gasteiger partial charge on any atom is -0.497 e. The van der Waals surface area contributed by atoms with E-state index < -0.39 is 5.82 Å². The quantitative estimate of drug-likeness (QED) is 0.555. The molecule has 0 aromatic heterocycles. The third-order valence-corrected chi connectivity index (χ3v) is 4.91. The van der Waals surface area contributed by atoms with Gasteiger partial charge in [-0.15, -0.1) is 0 Å². The number of nitrogens with zero attached hydrogens (tertiary/aromatic N) is 1. The molecular formula is C21H16F2N2OS. The second kappa shape index (κ2) is 8.11. The number of ether oxygens (including phenoxy) is 1. The third-order valence-electron chi connectivity index (χ3n) is 4.03. The molecule has 3 rings (SSSR count). The highest BCUT2D eigenvalue weighted by Crippen LogP contribution is 2.29. The van der Waals surface area contributed by atoms with Gasteiger partial charge in [0.2, 0.25) is 0 Å². The van der Waals surface area contributed by atoms with E-state index in [1.165, 1.54) is 19.2 Å². The molecule has 0 unspecified atom stereocenters. The zero-order chi connectivity index (χ0) is 19.4. The van der Waals surface area contributed by atoms with Crippen LogP contribution in [-0.4, -0.2) is 7.11 Å². The number of hydrogen-bond donors (Lipinski definition) is 1. The van der Waals surface area contributed by atoms with E-state index in [9.17, 15) is 8.78 Å². The second-order valence-corrected chi connectivity index (χ2v) is 6.69. The zero-order valence-corrected chi connectivity index (χ0v) is 15.5. The maximum Gasteiger partial charge on any atom is 0.141 e. The third kappa shape index (κ3) is 4.21. The lowest BCUT2D eigenvalue weighted by Crippen LogP contribution is -1.92. The van der Waals surface area contributed by atoms with Crippen molar-refractivity contribution >= 4 is 17.6 Å². The maximum absolute atomic E-state index is 14.0. The molecule has 136 valence electrons. The predicted molar refractivity (Wildman–Crippen MR) is 104 cm³/mol. The van der Waals surface area contributed by atoms with Gasteiger partial charge in [-0.05, 0) is 78.0 Å². The molecule has 3 nitrogen and oxygen atoms in total. The minimum absolute atomic E-state index is 0.0637. The van der Waals surface area contributed by atoms with Crippen molar-refractivity contribution in [1.82, 2.24) is 0 Å². The molecule has 0 aliphatic carbocycles. The second-order valence-electron chi connectivity index (χ2n) is 5.84. The lowest BCUT2D eigenvalue weighted by atomic mass is 9.99. The van der Waals surface area contributed by atoms with Crippen molar-refractivity contribution in [2.75, 3.05) is 11.8 Å². The van der Waals surface area contributed by atoms with Crippen LogP contribution < -0.4 is 9.46 Å². The first-order valence-electron chi connectivity index (χ1n) is 8.09. The number of rotatable bonds is 5. The summed E-state index contributed by atoms with van der Waals surface area (Å²) < 4.78 is 36.0. The number of aryl methyl sites for hydroxylation is 1. The van der Waals surface area contributed by atoms with Gasteiger partial charge in [0.1, 0.15) is 23.5 Å². The van der Waals surface area contributed by atoms with E-state index in [2.05, 4.69) is 4.72 Å². The average molecular weight is 382 g/mol. The van der Waals surface area contributed by atoms with Gasteiger partial charge in [0.15, 0.2) is 0 Å². The van der Waals surface area contributed by atoms with Gasteiger partial charge in [-0.1, -0.05) is 12.1 Å². The standard InChI is InChI=1S/C21H16F2N2OS/c1-13-9-15(10-20(23)18(13)12-24)14-3-5-16(6-4-14)25-27-21-11-17(26-2)7-8-19(21)22/h3-11,25H,1-2H3. The molecule has 0 radical (unpaired) electrons. The summed E-state index contributed by atoms with van der Waals surface area (Å²) in [5.74, 6) is -0.290. The normalized spacial score (nSPS) is 10.3. The van der Waals surface area contributed by atoms with Crippen LogP contribution in [0.5, 0.6) is 5.75 Å².